The van der Waals surface area contributed by atoms with Gasteiger partial charge in [0.1, 0.15) is 6.61 Å². The molecule has 0 aliphatic carbocycles. The van der Waals surface area contributed by atoms with Gasteiger partial charge in [-0.05, 0) is 6.42 Å². The maximum Gasteiger partial charge on any atom is 0.469 e. The molecule has 1 atom stereocenters. The summed E-state index contributed by atoms with van der Waals surface area (Å²) in [5.41, 5.74) is 0. The van der Waals surface area contributed by atoms with Crippen molar-refractivity contribution in [2.45, 2.75) is 232 Å². The number of hydrogen-bond donors (Lipinski definition) is 2. The Hall–Kier alpha value is -0.950. The summed E-state index contributed by atoms with van der Waals surface area (Å²) in [6.07, 6.45) is 42.8. The lowest BCUT2D eigenvalue weighted by Gasteiger charge is -2.17. The lowest BCUT2D eigenvalue weighted by Crippen LogP contribution is -2.28. The van der Waals surface area contributed by atoms with Crippen LogP contribution in [-0.4, -0.2) is 41.0 Å². The third-order valence-corrected chi connectivity index (χ3v) is 9.91. The van der Waals surface area contributed by atoms with E-state index < -0.39 is 32.5 Å². The molecule has 9 heteroatoms. The summed E-state index contributed by atoms with van der Waals surface area (Å²) in [6, 6.07) is 0. The van der Waals surface area contributed by atoms with E-state index in [9.17, 15) is 14.2 Å². The minimum Gasteiger partial charge on any atom is -0.462 e. The zero-order valence-electron chi connectivity index (χ0n) is 32.1. The molecule has 0 rings (SSSR count). The van der Waals surface area contributed by atoms with Crippen molar-refractivity contribution in [1.29, 1.82) is 0 Å². The van der Waals surface area contributed by atoms with Gasteiger partial charge in [0.15, 0.2) is 6.10 Å². The highest BCUT2D eigenvalue weighted by Crippen LogP contribution is 2.35. The molecule has 0 aromatic carbocycles. The number of carbonyl (C=O) groups is 2. The van der Waals surface area contributed by atoms with E-state index in [1.807, 2.05) is 0 Å². The highest BCUT2D eigenvalue weighted by Gasteiger charge is 2.21. The van der Waals surface area contributed by atoms with Gasteiger partial charge in [0.2, 0.25) is 0 Å². The van der Waals surface area contributed by atoms with Gasteiger partial charge in [-0.15, -0.1) is 0 Å². The summed E-state index contributed by atoms with van der Waals surface area (Å²) in [5, 5.41) is 0. The van der Waals surface area contributed by atoms with Crippen LogP contribution >= 0.6 is 7.82 Å². The van der Waals surface area contributed by atoms with E-state index in [0.29, 0.717) is 0 Å². The van der Waals surface area contributed by atoms with Gasteiger partial charge >= 0.3 is 19.8 Å². The summed E-state index contributed by atoms with van der Waals surface area (Å²) in [6.45, 7) is 2.62. The number of hydrogen-bond acceptors (Lipinski definition) is 6. The average Bonchev–Trinajstić information content (AvgIpc) is 3.06. The number of ether oxygens (including phenoxy) is 2. The Balaban J connectivity index is 3.29. The van der Waals surface area contributed by atoms with Crippen LogP contribution in [0.4, 0.5) is 0 Å². The SMILES string of the molecule is CCCCCCCCCCCCCCCCCCCCCCCCCCCCCCCCCCC(=O)OC[C@H](COP(=O)(O)O)OC(C)=O. The van der Waals surface area contributed by atoms with Gasteiger partial charge in [-0.1, -0.05) is 206 Å². The van der Waals surface area contributed by atoms with Crippen LogP contribution in [0.5, 0.6) is 0 Å². The van der Waals surface area contributed by atoms with Crippen molar-refractivity contribution >= 4 is 19.8 Å². The summed E-state index contributed by atoms with van der Waals surface area (Å²) in [5.74, 6) is -1.06. The molecule has 0 aliphatic heterocycles. The fourth-order valence-corrected chi connectivity index (χ4v) is 6.80. The van der Waals surface area contributed by atoms with Crippen molar-refractivity contribution in [3.05, 3.63) is 0 Å². The molecule has 0 saturated carbocycles. The molecule has 292 valence electrons. The molecule has 0 radical (unpaired) electrons. The molecule has 0 heterocycles. The smallest absolute Gasteiger partial charge is 0.462 e. The normalized spacial score (nSPS) is 12.3. The van der Waals surface area contributed by atoms with Gasteiger partial charge in [0, 0.05) is 13.3 Å². The minimum absolute atomic E-state index is 0.270. The highest BCUT2D eigenvalue weighted by atomic mass is 31.2. The van der Waals surface area contributed by atoms with Crippen LogP contribution in [0.2, 0.25) is 0 Å². The molecule has 0 amide bonds. The number of unbranched alkanes of at least 4 members (excludes halogenated alkanes) is 31. The standard InChI is InChI=1S/C40H79O8P/c1-3-4-5-6-7-8-9-10-11-12-13-14-15-16-17-18-19-20-21-22-23-24-25-26-27-28-29-30-31-32-33-34-35-40(42)46-36-39(48-38(2)41)37-47-49(43,44)45/h39H,3-37H2,1-2H3,(H2,43,44,45)/t39-/m1/s1. The summed E-state index contributed by atoms with van der Waals surface area (Å²) >= 11 is 0. The van der Waals surface area contributed by atoms with Crippen molar-refractivity contribution in [3.8, 4) is 0 Å². The first-order valence-corrected chi connectivity index (χ1v) is 22.3. The van der Waals surface area contributed by atoms with E-state index >= 15 is 0 Å². The molecule has 0 saturated heterocycles. The Morgan fingerprint density at radius 2 is 0.776 bits per heavy atom. The largest absolute Gasteiger partial charge is 0.469 e. The van der Waals surface area contributed by atoms with Gasteiger partial charge in [-0.25, -0.2) is 4.57 Å². The number of phosphoric acid groups is 1. The topological polar surface area (TPSA) is 119 Å². The summed E-state index contributed by atoms with van der Waals surface area (Å²) in [7, 11) is -4.70. The van der Waals surface area contributed by atoms with Crippen LogP contribution in [0.15, 0.2) is 0 Å². The van der Waals surface area contributed by atoms with Gasteiger partial charge in [-0.3, -0.25) is 14.1 Å². The second kappa shape index (κ2) is 36.8. The molecule has 0 aliphatic rings. The van der Waals surface area contributed by atoms with Crippen molar-refractivity contribution in [2.24, 2.45) is 0 Å². The molecule has 0 aromatic rings. The summed E-state index contributed by atoms with van der Waals surface area (Å²) < 4.78 is 25.2. The Morgan fingerprint density at radius 1 is 0.490 bits per heavy atom. The fourth-order valence-electron chi connectivity index (χ4n) is 6.44. The van der Waals surface area contributed by atoms with E-state index in [-0.39, 0.29) is 13.0 Å². The molecular formula is C40H79O8P. The molecule has 2 N–H and O–H groups in total. The molecule has 0 aromatic heterocycles. The van der Waals surface area contributed by atoms with Crippen molar-refractivity contribution in [3.63, 3.8) is 0 Å². The maximum absolute atomic E-state index is 11.9. The van der Waals surface area contributed by atoms with Crippen LogP contribution in [0.3, 0.4) is 0 Å². The quantitative estimate of drug-likeness (QED) is 0.0366. The Morgan fingerprint density at radius 3 is 1.04 bits per heavy atom. The zero-order chi connectivity index (χ0) is 36.1. The van der Waals surface area contributed by atoms with Crippen LogP contribution in [0, 0.1) is 0 Å². The molecule has 8 nitrogen and oxygen atoms in total. The number of esters is 2. The Labute approximate surface area is 302 Å². The molecule has 49 heavy (non-hydrogen) atoms. The minimum atomic E-state index is -4.70. The third kappa shape index (κ3) is 41.4. The first-order chi connectivity index (χ1) is 23.7. The molecule has 0 spiro atoms. The van der Waals surface area contributed by atoms with Crippen LogP contribution < -0.4 is 0 Å². The number of rotatable bonds is 39. The van der Waals surface area contributed by atoms with Gasteiger partial charge in [0.25, 0.3) is 0 Å². The lowest BCUT2D eigenvalue weighted by molar-refractivity contribution is -0.159. The first kappa shape index (κ1) is 48.0. The number of carbonyl (C=O) groups excluding carboxylic acids is 2. The Bertz CT molecular complexity index is 771. The van der Waals surface area contributed by atoms with E-state index in [0.717, 1.165) is 26.2 Å². The van der Waals surface area contributed by atoms with E-state index in [1.54, 1.807) is 0 Å². The zero-order valence-corrected chi connectivity index (χ0v) is 33.0. The van der Waals surface area contributed by atoms with Gasteiger partial charge < -0.3 is 19.3 Å². The average molecular weight is 719 g/mol. The Kier molecular flexibility index (Phi) is 36.1. The first-order valence-electron chi connectivity index (χ1n) is 20.8. The molecule has 0 fully saturated rings. The summed E-state index contributed by atoms with van der Waals surface area (Å²) in [4.78, 5) is 40.7. The molecule has 0 bridgehead atoms. The second-order valence-electron chi connectivity index (χ2n) is 14.4. The fraction of sp³-hybridized carbons (Fsp3) is 0.950. The molecule has 0 unspecified atom stereocenters. The van der Waals surface area contributed by atoms with Gasteiger partial charge in [0.05, 0.1) is 6.61 Å². The predicted octanol–water partition coefficient (Wildman–Crippen LogP) is 12.5. The third-order valence-electron chi connectivity index (χ3n) is 9.43. The van der Waals surface area contributed by atoms with Crippen molar-refractivity contribution in [2.75, 3.05) is 13.2 Å². The van der Waals surface area contributed by atoms with Crippen molar-refractivity contribution in [1.82, 2.24) is 0 Å². The molecular weight excluding hydrogens is 639 g/mol. The highest BCUT2D eigenvalue weighted by molar-refractivity contribution is 7.46. The maximum atomic E-state index is 11.9. The van der Waals surface area contributed by atoms with Crippen LogP contribution in [0.25, 0.3) is 0 Å². The van der Waals surface area contributed by atoms with E-state index in [2.05, 4.69) is 11.4 Å². The monoisotopic (exact) mass is 719 g/mol. The predicted molar refractivity (Wildman–Crippen MR) is 203 cm³/mol. The number of phosphoric ester groups is 1. The van der Waals surface area contributed by atoms with E-state index in [4.69, 9.17) is 19.3 Å². The van der Waals surface area contributed by atoms with Crippen LogP contribution in [0.1, 0.15) is 226 Å². The van der Waals surface area contributed by atoms with Crippen molar-refractivity contribution < 1.29 is 37.9 Å². The van der Waals surface area contributed by atoms with Gasteiger partial charge in [-0.2, -0.15) is 0 Å². The van der Waals surface area contributed by atoms with E-state index in [1.165, 1.54) is 186 Å². The lowest BCUT2D eigenvalue weighted by atomic mass is 10.0. The second-order valence-corrected chi connectivity index (χ2v) is 15.7. The van der Waals surface area contributed by atoms with Crippen LogP contribution in [-0.2, 0) is 28.2 Å².